The molecule has 5 nitrogen and oxygen atoms in total. The highest BCUT2D eigenvalue weighted by Gasteiger charge is 2.29. The summed E-state index contributed by atoms with van der Waals surface area (Å²) in [7, 11) is 0. The van der Waals surface area contributed by atoms with Crippen LogP contribution in [0.3, 0.4) is 0 Å². The second-order valence-corrected chi connectivity index (χ2v) is 6.83. The molecule has 0 bridgehead atoms. The van der Waals surface area contributed by atoms with Gasteiger partial charge >= 0.3 is 0 Å². The third-order valence-corrected chi connectivity index (χ3v) is 4.06. The maximum atomic E-state index is 12.3. The van der Waals surface area contributed by atoms with Crippen molar-refractivity contribution in [2.75, 3.05) is 19.6 Å². The van der Waals surface area contributed by atoms with Crippen LogP contribution in [0.1, 0.15) is 47.0 Å². The molecule has 1 atom stereocenters. The maximum Gasteiger partial charge on any atom is 0.225 e. The van der Waals surface area contributed by atoms with E-state index in [-0.39, 0.29) is 42.1 Å². The number of carbonyl (C=O) groups is 2. The number of piperidine rings is 1. The molecule has 3 N–H and O–H groups in total. The van der Waals surface area contributed by atoms with Gasteiger partial charge in [-0.3, -0.25) is 9.59 Å². The molecule has 0 spiro atoms. The Morgan fingerprint density at radius 2 is 1.73 bits per heavy atom. The van der Waals surface area contributed by atoms with Crippen LogP contribution in [0.25, 0.3) is 0 Å². The van der Waals surface area contributed by atoms with Gasteiger partial charge in [-0.1, -0.05) is 27.7 Å². The average molecular weight is 334 g/mol. The summed E-state index contributed by atoms with van der Waals surface area (Å²) in [6, 6.07) is 0.0628. The zero-order valence-electron chi connectivity index (χ0n) is 14.3. The predicted molar refractivity (Wildman–Crippen MR) is 91.8 cm³/mol. The van der Waals surface area contributed by atoms with Gasteiger partial charge in [0.2, 0.25) is 11.8 Å². The van der Waals surface area contributed by atoms with Crippen molar-refractivity contribution >= 4 is 24.2 Å². The normalized spacial score (nSPS) is 17.3. The highest BCUT2D eigenvalue weighted by Crippen LogP contribution is 2.19. The molecule has 130 valence electrons. The minimum Gasteiger partial charge on any atom is -0.352 e. The van der Waals surface area contributed by atoms with Crippen molar-refractivity contribution in [3.05, 3.63) is 0 Å². The van der Waals surface area contributed by atoms with Crippen LogP contribution in [0.4, 0.5) is 0 Å². The number of rotatable bonds is 6. The lowest BCUT2D eigenvalue weighted by molar-refractivity contribution is -0.138. The van der Waals surface area contributed by atoms with Crippen LogP contribution in [0.2, 0.25) is 0 Å². The van der Waals surface area contributed by atoms with Crippen LogP contribution >= 0.6 is 12.4 Å². The number of likely N-dealkylation sites (tertiary alicyclic amines) is 1. The summed E-state index contributed by atoms with van der Waals surface area (Å²) in [5.41, 5.74) is 5.73. The Morgan fingerprint density at radius 1 is 1.18 bits per heavy atom. The van der Waals surface area contributed by atoms with E-state index in [0.717, 1.165) is 19.3 Å². The Hall–Kier alpha value is -0.810. The smallest absolute Gasteiger partial charge is 0.225 e. The summed E-state index contributed by atoms with van der Waals surface area (Å²) in [4.78, 5) is 26.1. The fourth-order valence-electron chi connectivity index (χ4n) is 2.83. The minimum absolute atomic E-state index is 0. The largest absolute Gasteiger partial charge is 0.352 e. The molecule has 0 aromatic rings. The van der Waals surface area contributed by atoms with E-state index in [9.17, 15) is 9.59 Å². The molecule has 1 rings (SSSR count). The van der Waals surface area contributed by atoms with E-state index in [4.69, 9.17) is 5.73 Å². The van der Waals surface area contributed by atoms with Gasteiger partial charge in [0, 0.05) is 37.5 Å². The molecule has 22 heavy (non-hydrogen) atoms. The number of halogens is 1. The van der Waals surface area contributed by atoms with Gasteiger partial charge in [0.1, 0.15) is 0 Å². The van der Waals surface area contributed by atoms with Gasteiger partial charge in [-0.05, 0) is 25.2 Å². The van der Waals surface area contributed by atoms with Gasteiger partial charge in [-0.2, -0.15) is 0 Å². The first kappa shape index (κ1) is 21.2. The van der Waals surface area contributed by atoms with Crippen molar-refractivity contribution in [1.29, 1.82) is 0 Å². The van der Waals surface area contributed by atoms with Gasteiger partial charge in [0.15, 0.2) is 0 Å². The molecule has 6 heteroatoms. The third-order valence-electron chi connectivity index (χ3n) is 4.06. The van der Waals surface area contributed by atoms with Crippen LogP contribution in [0.15, 0.2) is 0 Å². The van der Waals surface area contributed by atoms with Crippen molar-refractivity contribution in [3.63, 3.8) is 0 Å². The van der Waals surface area contributed by atoms with Gasteiger partial charge in [0.25, 0.3) is 0 Å². The van der Waals surface area contributed by atoms with E-state index in [1.807, 2.05) is 18.7 Å². The summed E-state index contributed by atoms with van der Waals surface area (Å²) >= 11 is 0. The van der Waals surface area contributed by atoms with Crippen molar-refractivity contribution < 1.29 is 9.59 Å². The molecule has 0 radical (unpaired) electrons. The molecule has 0 aliphatic carbocycles. The highest BCUT2D eigenvalue weighted by atomic mass is 35.5. The Kier molecular flexibility index (Phi) is 9.69. The van der Waals surface area contributed by atoms with Crippen LogP contribution in [0, 0.1) is 17.8 Å². The maximum absolute atomic E-state index is 12.3. The average Bonchev–Trinajstić information content (AvgIpc) is 2.45. The van der Waals surface area contributed by atoms with E-state index < -0.39 is 0 Å². The molecule has 1 aliphatic heterocycles. The number of nitrogens with zero attached hydrogens (tertiary/aromatic N) is 1. The summed E-state index contributed by atoms with van der Waals surface area (Å²) in [6.07, 6.45) is 2.42. The molecule has 1 saturated heterocycles. The second kappa shape index (κ2) is 10.1. The lowest BCUT2D eigenvalue weighted by Crippen LogP contribution is -2.48. The molecule has 0 saturated carbocycles. The Morgan fingerprint density at radius 3 is 2.14 bits per heavy atom. The first-order chi connectivity index (χ1) is 9.85. The number of nitrogens with two attached hydrogens (primary N) is 1. The van der Waals surface area contributed by atoms with Crippen LogP contribution < -0.4 is 11.1 Å². The van der Waals surface area contributed by atoms with Gasteiger partial charge in [-0.25, -0.2) is 0 Å². The molecular weight excluding hydrogens is 302 g/mol. The summed E-state index contributed by atoms with van der Waals surface area (Å²) in [5.74, 6) is 0.853. The molecule has 1 fully saturated rings. The van der Waals surface area contributed by atoms with Crippen LogP contribution in [0.5, 0.6) is 0 Å². The Labute approximate surface area is 140 Å². The van der Waals surface area contributed by atoms with E-state index in [1.165, 1.54) is 0 Å². The summed E-state index contributed by atoms with van der Waals surface area (Å²) in [5, 5.41) is 3.07. The fourth-order valence-corrected chi connectivity index (χ4v) is 2.83. The van der Waals surface area contributed by atoms with Crippen LogP contribution in [-0.4, -0.2) is 42.4 Å². The molecule has 1 aliphatic rings. The van der Waals surface area contributed by atoms with Crippen LogP contribution in [-0.2, 0) is 9.59 Å². The lowest BCUT2D eigenvalue weighted by atomic mass is 9.94. The zero-order chi connectivity index (χ0) is 16.0. The first-order valence-electron chi connectivity index (χ1n) is 8.14. The zero-order valence-corrected chi connectivity index (χ0v) is 15.1. The van der Waals surface area contributed by atoms with E-state index in [1.54, 1.807) is 0 Å². The Bertz CT molecular complexity index is 353. The Balaban J connectivity index is 0.00000441. The van der Waals surface area contributed by atoms with E-state index in [0.29, 0.717) is 25.6 Å². The van der Waals surface area contributed by atoms with Crippen molar-refractivity contribution in [2.45, 2.75) is 53.0 Å². The molecule has 2 amide bonds. The monoisotopic (exact) mass is 333 g/mol. The predicted octanol–water partition coefficient (Wildman–Crippen LogP) is 1.79. The lowest BCUT2D eigenvalue weighted by Gasteiger charge is -2.33. The van der Waals surface area contributed by atoms with E-state index >= 15 is 0 Å². The second-order valence-electron chi connectivity index (χ2n) is 6.83. The SMILES string of the molecule is CC(C)CC(CN)NC(=O)C1CCN(C(=O)C(C)C)CC1.Cl. The molecule has 0 aromatic heterocycles. The van der Waals surface area contributed by atoms with Crippen molar-refractivity contribution in [1.82, 2.24) is 10.2 Å². The number of amides is 2. The molecule has 1 unspecified atom stereocenters. The molecule has 0 aromatic carbocycles. The van der Waals surface area contributed by atoms with E-state index in [2.05, 4.69) is 19.2 Å². The van der Waals surface area contributed by atoms with Crippen molar-refractivity contribution in [2.24, 2.45) is 23.5 Å². The van der Waals surface area contributed by atoms with Gasteiger partial charge in [-0.15, -0.1) is 12.4 Å². The number of nitrogens with one attached hydrogen (secondary N) is 1. The van der Waals surface area contributed by atoms with Gasteiger partial charge in [0.05, 0.1) is 0 Å². The summed E-state index contributed by atoms with van der Waals surface area (Å²) < 4.78 is 0. The standard InChI is InChI=1S/C16H31N3O2.ClH/c1-11(2)9-14(10-17)18-15(20)13-5-7-19(8-6-13)16(21)12(3)4;/h11-14H,5-10,17H2,1-4H3,(H,18,20);1H. The fraction of sp³-hybridized carbons (Fsp3) is 0.875. The number of carbonyl (C=O) groups excluding carboxylic acids is 2. The first-order valence-corrected chi connectivity index (χ1v) is 8.14. The molecule has 1 heterocycles. The van der Waals surface area contributed by atoms with Gasteiger partial charge < -0.3 is 16.0 Å². The topological polar surface area (TPSA) is 75.4 Å². The number of hydrogen-bond acceptors (Lipinski definition) is 3. The van der Waals surface area contributed by atoms with Crippen molar-refractivity contribution in [3.8, 4) is 0 Å². The highest BCUT2D eigenvalue weighted by molar-refractivity contribution is 5.85. The molecular formula is C16H32ClN3O2. The quantitative estimate of drug-likeness (QED) is 0.778. The summed E-state index contributed by atoms with van der Waals surface area (Å²) in [6.45, 7) is 9.95. The minimum atomic E-state index is 0. The number of hydrogen-bond donors (Lipinski definition) is 2. The third kappa shape index (κ3) is 6.53.